The van der Waals surface area contributed by atoms with E-state index in [1.807, 2.05) is 0 Å². The van der Waals surface area contributed by atoms with Crippen molar-refractivity contribution in [2.45, 2.75) is 39.5 Å². The SMILES string of the molecule is Cc1sc(CCO)nc1C(C)(C)C. The van der Waals surface area contributed by atoms with Crippen LogP contribution in [0.5, 0.6) is 0 Å². The Morgan fingerprint density at radius 1 is 1.38 bits per heavy atom. The van der Waals surface area contributed by atoms with Crippen molar-refractivity contribution in [2.75, 3.05) is 6.61 Å². The van der Waals surface area contributed by atoms with Gasteiger partial charge in [0.2, 0.25) is 0 Å². The van der Waals surface area contributed by atoms with E-state index >= 15 is 0 Å². The molecule has 0 saturated carbocycles. The molecule has 0 aromatic carbocycles. The zero-order valence-corrected chi connectivity index (χ0v) is 9.53. The van der Waals surface area contributed by atoms with Crippen LogP contribution < -0.4 is 0 Å². The van der Waals surface area contributed by atoms with Crippen LogP contribution in [0.15, 0.2) is 0 Å². The Morgan fingerprint density at radius 2 is 2.00 bits per heavy atom. The molecule has 0 bridgehead atoms. The molecule has 0 fully saturated rings. The van der Waals surface area contributed by atoms with Gasteiger partial charge in [0.15, 0.2) is 0 Å². The third-order valence-electron chi connectivity index (χ3n) is 1.88. The maximum Gasteiger partial charge on any atom is 0.0954 e. The molecule has 0 aliphatic carbocycles. The topological polar surface area (TPSA) is 33.1 Å². The van der Waals surface area contributed by atoms with Gasteiger partial charge in [-0.2, -0.15) is 0 Å². The fourth-order valence-corrected chi connectivity index (χ4v) is 2.48. The summed E-state index contributed by atoms with van der Waals surface area (Å²) >= 11 is 1.69. The summed E-state index contributed by atoms with van der Waals surface area (Å²) in [5, 5.41) is 9.84. The van der Waals surface area contributed by atoms with Crippen LogP contribution in [0.1, 0.15) is 36.3 Å². The first-order chi connectivity index (χ1) is 5.95. The van der Waals surface area contributed by atoms with E-state index < -0.39 is 0 Å². The number of aliphatic hydroxyl groups excluding tert-OH is 1. The second kappa shape index (κ2) is 3.76. The molecule has 1 N–H and O–H groups in total. The molecule has 0 radical (unpaired) electrons. The lowest BCUT2D eigenvalue weighted by Gasteiger charge is -2.16. The van der Waals surface area contributed by atoms with E-state index in [1.165, 1.54) is 10.6 Å². The zero-order chi connectivity index (χ0) is 10.1. The molecule has 3 heteroatoms. The van der Waals surface area contributed by atoms with Crippen molar-refractivity contribution in [1.29, 1.82) is 0 Å². The summed E-state index contributed by atoms with van der Waals surface area (Å²) in [5.74, 6) is 0. The van der Waals surface area contributed by atoms with Crippen LogP contribution in [-0.4, -0.2) is 16.7 Å². The van der Waals surface area contributed by atoms with Crippen LogP contribution in [0.25, 0.3) is 0 Å². The van der Waals surface area contributed by atoms with Crippen molar-refractivity contribution in [3.63, 3.8) is 0 Å². The van der Waals surface area contributed by atoms with Gasteiger partial charge in [-0.1, -0.05) is 20.8 Å². The number of aryl methyl sites for hydroxylation is 1. The van der Waals surface area contributed by atoms with Gasteiger partial charge in [-0.3, -0.25) is 0 Å². The Bertz CT molecular complexity index is 286. The van der Waals surface area contributed by atoms with E-state index in [4.69, 9.17) is 5.11 Å². The Labute approximate surface area is 83.6 Å². The number of nitrogens with zero attached hydrogens (tertiary/aromatic N) is 1. The molecule has 1 aromatic heterocycles. The molecule has 1 heterocycles. The Balaban J connectivity index is 2.96. The minimum absolute atomic E-state index is 0.119. The molecule has 13 heavy (non-hydrogen) atoms. The first-order valence-corrected chi connectivity index (χ1v) is 5.34. The highest BCUT2D eigenvalue weighted by Gasteiger charge is 2.20. The third kappa shape index (κ3) is 2.51. The van der Waals surface area contributed by atoms with Crippen molar-refractivity contribution >= 4 is 11.3 Å². The Hall–Kier alpha value is -0.410. The lowest BCUT2D eigenvalue weighted by molar-refractivity contribution is 0.299. The Kier molecular flexibility index (Phi) is 3.09. The van der Waals surface area contributed by atoms with Gasteiger partial charge < -0.3 is 5.11 Å². The van der Waals surface area contributed by atoms with E-state index in [0.29, 0.717) is 6.42 Å². The first kappa shape index (κ1) is 10.7. The van der Waals surface area contributed by atoms with Gasteiger partial charge in [0.1, 0.15) is 0 Å². The molecule has 0 atom stereocenters. The van der Waals surface area contributed by atoms with Crippen LogP contribution in [0, 0.1) is 6.92 Å². The van der Waals surface area contributed by atoms with Gasteiger partial charge in [0.05, 0.1) is 10.7 Å². The molecule has 0 aliphatic heterocycles. The van der Waals surface area contributed by atoms with E-state index in [-0.39, 0.29) is 12.0 Å². The number of aliphatic hydroxyl groups is 1. The third-order valence-corrected chi connectivity index (χ3v) is 2.91. The van der Waals surface area contributed by atoms with E-state index in [0.717, 1.165) is 5.01 Å². The second-order valence-corrected chi connectivity index (χ2v) is 5.52. The van der Waals surface area contributed by atoms with Crippen molar-refractivity contribution < 1.29 is 5.11 Å². The van der Waals surface area contributed by atoms with Gasteiger partial charge in [0, 0.05) is 23.3 Å². The van der Waals surface area contributed by atoms with Crippen LogP contribution >= 0.6 is 11.3 Å². The molecule has 2 nitrogen and oxygen atoms in total. The lowest BCUT2D eigenvalue weighted by Crippen LogP contribution is -2.13. The molecule has 1 aromatic rings. The highest BCUT2D eigenvalue weighted by atomic mass is 32.1. The molecule has 0 spiro atoms. The smallest absolute Gasteiger partial charge is 0.0954 e. The van der Waals surface area contributed by atoms with Gasteiger partial charge in [-0.25, -0.2) is 4.98 Å². The highest BCUT2D eigenvalue weighted by molar-refractivity contribution is 7.11. The van der Waals surface area contributed by atoms with Gasteiger partial charge in [-0.05, 0) is 6.92 Å². The first-order valence-electron chi connectivity index (χ1n) is 4.53. The van der Waals surface area contributed by atoms with Crippen molar-refractivity contribution in [3.8, 4) is 0 Å². The fourth-order valence-electron chi connectivity index (χ4n) is 1.35. The summed E-state index contributed by atoms with van der Waals surface area (Å²) in [4.78, 5) is 5.80. The molecule has 0 saturated heterocycles. The normalized spacial score (nSPS) is 12.1. The number of hydrogen-bond donors (Lipinski definition) is 1. The quantitative estimate of drug-likeness (QED) is 0.792. The summed E-state index contributed by atoms with van der Waals surface area (Å²) < 4.78 is 0. The summed E-state index contributed by atoms with van der Waals surface area (Å²) in [5.41, 5.74) is 1.29. The average Bonchev–Trinajstić information content (AvgIpc) is 2.30. The molecule has 1 rings (SSSR count). The standard InChI is InChI=1S/C10H17NOS/c1-7-9(10(2,3)4)11-8(13-7)5-6-12/h12H,5-6H2,1-4H3. The van der Waals surface area contributed by atoms with Crippen molar-refractivity contribution in [2.24, 2.45) is 0 Å². The second-order valence-electron chi connectivity index (χ2n) is 4.24. The highest BCUT2D eigenvalue weighted by Crippen LogP contribution is 2.28. The summed E-state index contributed by atoms with van der Waals surface area (Å²) in [7, 11) is 0. The predicted octanol–water partition coefficient (Wildman–Crippen LogP) is 2.28. The predicted molar refractivity (Wildman–Crippen MR) is 56.3 cm³/mol. The maximum atomic E-state index is 8.79. The van der Waals surface area contributed by atoms with Gasteiger partial charge >= 0.3 is 0 Å². The van der Waals surface area contributed by atoms with Crippen molar-refractivity contribution in [3.05, 3.63) is 15.6 Å². The summed E-state index contributed by atoms with van der Waals surface area (Å²) in [6, 6.07) is 0. The minimum atomic E-state index is 0.119. The monoisotopic (exact) mass is 199 g/mol. The van der Waals surface area contributed by atoms with Crippen LogP contribution in [0.2, 0.25) is 0 Å². The molecule has 0 unspecified atom stereocenters. The number of thiazole rings is 1. The molecular weight excluding hydrogens is 182 g/mol. The van der Waals surface area contributed by atoms with Crippen molar-refractivity contribution in [1.82, 2.24) is 4.98 Å². The maximum absolute atomic E-state index is 8.79. The van der Waals surface area contributed by atoms with Crippen LogP contribution in [0.3, 0.4) is 0 Å². The zero-order valence-electron chi connectivity index (χ0n) is 8.72. The molecule has 0 aliphatic rings. The summed E-state index contributed by atoms with van der Waals surface area (Å²) in [6.07, 6.45) is 0.682. The fraction of sp³-hybridized carbons (Fsp3) is 0.700. The number of aromatic nitrogens is 1. The minimum Gasteiger partial charge on any atom is -0.396 e. The van der Waals surface area contributed by atoms with Crippen LogP contribution in [0.4, 0.5) is 0 Å². The van der Waals surface area contributed by atoms with Gasteiger partial charge in [-0.15, -0.1) is 11.3 Å². The molecular formula is C10H17NOS. The summed E-state index contributed by atoms with van der Waals surface area (Å²) in [6.45, 7) is 8.78. The van der Waals surface area contributed by atoms with E-state index in [2.05, 4.69) is 32.7 Å². The average molecular weight is 199 g/mol. The molecule has 0 amide bonds. The number of hydrogen-bond acceptors (Lipinski definition) is 3. The van der Waals surface area contributed by atoms with E-state index in [9.17, 15) is 0 Å². The number of rotatable bonds is 2. The molecule has 74 valence electrons. The Morgan fingerprint density at radius 3 is 2.38 bits per heavy atom. The van der Waals surface area contributed by atoms with E-state index in [1.54, 1.807) is 11.3 Å². The van der Waals surface area contributed by atoms with Gasteiger partial charge in [0.25, 0.3) is 0 Å². The lowest BCUT2D eigenvalue weighted by atomic mass is 9.91. The largest absolute Gasteiger partial charge is 0.396 e. The van der Waals surface area contributed by atoms with Crippen LogP contribution in [-0.2, 0) is 11.8 Å².